The fourth-order valence-electron chi connectivity index (χ4n) is 2.86. The third kappa shape index (κ3) is 4.91. The minimum atomic E-state index is 0.232. The fraction of sp³-hybridized carbons (Fsp3) is 0.812. The van der Waals surface area contributed by atoms with Crippen molar-refractivity contribution in [2.45, 2.75) is 52.6 Å². The molecule has 1 unspecified atom stereocenters. The number of rotatable bonds is 5. The lowest BCUT2D eigenvalue weighted by Crippen LogP contribution is -2.45. The van der Waals surface area contributed by atoms with Gasteiger partial charge in [-0.1, -0.05) is 0 Å². The Balaban J connectivity index is 1.74. The highest BCUT2D eigenvalue weighted by molar-refractivity contribution is 4.88. The smallest absolute Gasteiger partial charge is 0.105 e. The van der Waals surface area contributed by atoms with Gasteiger partial charge < -0.3 is 14.8 Å². The number of hydrogen-bond acceptors (Lipinski definition) is 3. The second kappa shape index (κ2) is 6.72. The summed E-state index contributed by atoms with van der Waals surface area (Å²) in [6, 6.07) is 0. The van der Waals surface area contributed by atoms with Gasteiger partial charge in [-0.2, -0.15) is 0 Å². The molecular weight excluding hydrogens is 248 g/mol. The van der Waals surface area contributed by atoms with Crippen LogP contribution in [0.2, 0.25) is 0 Å². The molecule has 2 rings (SSSR count). The predicted molar refractivity (Wildman–Crippen MR) is 83.9 cm³/mol. The Labute approximate surface area is 123 Å². The van der Waals surface area contributed by atoms with Gasteiger partial charge in [0.25, 0.3) is 0 Å². The number of imidazole rings is 1. The van der Waals surface area contributed by atoms with E-state index in [1.807, 2.05) is 6.20 Å². The van der Waals surface area contributed by atoms with E-state index in [-0.39, 0.29) is 5.54 Å². The molecule has 0 aromatic carbocycles. The zero-order valence-electron chi connectivity index (χ0n) is 13.5. The van der Waals surface area contributed by atoms with Crippen molar-refractivity contribution in [3.8, 4) is 0 Å². The molecule has 1 aromatic rings. The van der Waals surface area contributed by atoms with E-state index < -0.39 is 0 Å². The second-order valence-electron chi connectivity index (χ2n) is 7.11. The van der Waals surface area contributed by atoms with E-state index >= 15 is 0 Å². The Morgan fingerprint density at radius 1 is 1.35 bits per heavy atom. The van der Waals surface area contributed by atoms with Crippen molar-refractivity contribution >= 4 is 0 Å². The van der Waals surface area contributed by atoms with Crippen molar-refractivity contribution in [2.75, 3.05) is 26.2 Å². The molecule has 2 heterocycles. The van der Waals surface area contributed by atoms with E-state index in [0.29, 0.717) is 0 Å². The molecule has 0 radical (unpaired) electrons. The van der Waals surface area contributed by atoms with E-state index in [2.05, 4.69) is 53.7 Å². The molecule has 1 saturated heterocycles. The summed E-state index contributed by atoms with van der Waals surface area (Å²) in [6.45, 7) is 14.6. The lowest BCUT2D eigenvalue weighted by Gasteiger charge is -2.34. The zero-order valence-corrected chi connectivity index (χ0v) is 13.5. The van der Waals surface area contributed by atoms with Crippen LogP contribution in [-0.4, -0.2) is 46.2 Å². The van der Waals surface area contributed by atoms with Gasteiger partial charge in [0.05, 0.1) is 0 Å². The third-order valence-corrected chi connectivity index (χ3v) is 4.10. The van der Waals surface area contributed by atoms with Gasteiger partial charge in [0, 0.05) is 37.6 Å². The zero-order chi connectivity index (χ0) is 14.6. The molecule has 1 aliphatic heterocycles. The average molecular weight is 278 g/mol. The summed E-state index contributed by atoms with van der Waals surface area (Å²) in [4.78, 5) is 6.90. The molecule has 0 aliphatic carbocycles. The number of hydrogen-bond donors (Lipinski definition) is 1. The Kier molecular flexibility index (Phi) is 5.22. The normalized spacial score (nSPS) is 21.3. The van der Waals surface area contributed by atoms with E-state index in [0.717, 1.165) is 31.4 Å². The molecule has 4 heteroatoms. The van der Waals surface area contributed by atoms with Crippen molar-refractivity contribution in [3.63, 3.8) is 0 Å². The first-order valence-electron chi connectivity index (χ1n) is 7.89. The maximum absolute atomic E-state index is 4.29. The fourth-order valence-corrected chi connectivity index (χ4v) is 2.86. The molecule has 114 valence electrons. The van der Waals surface area contributed by atoms with E-state index in [1.54, 1.807) is 0 Å². The lowest BCUT2D eigenvalue weighted by molar-refractivity contribution is 0.161. The highest BCUT2D eigenvalue weighted by Crippen LogP contribution is 2.16. The third-order valence-electron chi connectivity index (χ3n) is 4.10. The van der Waals surface area contributed by atoms with E-state index in [4.69, 9.17) is 0 Å². The topological polar surface area (TPSA) is 33.1 Å². The van der Waals surface area contributed by atoms with Crippen LogP contribution in [0.1, 0.15) is 39.4 Å². The predicted octanol–water partition coefficient (Wildman–Crippen LogP) is 2.29. The first-order valence-corrected chi connectivity index (χ1v) is 7.89. The summed E-state index contributed by atoms with van der Waals surface area (Å²) in [7, 11) is 0. The Bertz CT molecular complexity index is 405. The first kappa shape index (κ1) is 15.5. The van der Waals surface area contributed by atoms with Crippen LogP contribution < -0.4 is 5.32 Å². The van der Waals surface area contributed by atoms with Crippen LogP contribution in [0, 0.1) is 12.8 Å². The van der Waals surface area contributed by atoms with Crippen molar-refractivity contribution in [3.05, 3.63) is 18.2 Å². The largest absolute Gasteiger partial charge is 0.334 e. The maximum atomic E-state index is 4.29. The van der Waals surface area contributed by atoms with Crippen molar-refractivity contribution in [1.29, 1.82) is 0 Å². The molecule has 0 bridgehead atoms. The minimum absolute atomic E-state index is 0.232. The van der Waals surface area contributed by atoms with Crippen molar-refractivity contribution < 1.29 is 0 Å². The highest BCUT2D eigenvalue weighted by atomic mass is 15.2. The molecule has 20 heavy (non-hydrogen) atoms. The van der Waals surface area contributed by atoms with Gasteiger partial charge in [-0.25, -0.2) is 4.98 Å². The summed E-state index contributed by atoms with van der Waals surface area (Å²) >= 11 is 0. The van der Waals surface area contributed by atoms with E-state index in [9.17, 15) is 0 Å². The summed E-state index contributed by atoms with van der Waals surface area (Å²) in [5.41, 5.74) is 0.232. The summed E-state index contributed by atoms with van der Waals surface area (Å²) in [5.74, 6) is 1.92. The van der Waals surface area contributed by atoms with Crippen molar-refractivity contribution in [2.24, 2.45) is 5.92 Å². The molecule has 4 nitrogen and oxygen atoms in total. The van der Waals surface area contributed by atoms with Crippen molar-refractivity contribution in [1.82, 2.24) is 19.8 Å². The monoisotopic (exact) mass is 278 g/mol. The molecule has 1 fully saturated rings. The average Bonchev–Trinajstić information content (AvgIpc) is 2.79. The van der Waals surface area contributed by atoms with Crippen LogP contribution in [0.25, 0.3) is 0 Å². The van der Waals surface area contributed by atoms with Gasteiger partial charge in [-0.15, -0.1) is 0 Å². The molecule has 0 spiro atoms. The molecule has 1 atom stereocenters. The number of aryl methyl sites for hydroxylation is 1. The molecule has 0 saturated carbocycles. The Morgan fingerprint density at radius 2 is 2.15 bits per heavy atom. The van der Waals surface area contributed by atoms with Gasteiger partial charge in [0.2, 0.25) is 0 Å². The number of piperidine rings is 1. The van der Waals surface area contributed by atoms with Crippen LogP contribution >= 0.6 is 0 Å². The van der Waals surface area contributed by atoms with E-state index in [1.165, 1.54) is 25.9 Å². The number of aromatic nitrogens is 2. The highest BCUT2D eigenvalue weighted by Gasteiger charge is 2.21. The van der Waals surface area contributed by atoms with Gasteiger partial charge >= 0.3 is 0 Å². The summed E-state index contributed by atoms with van der Waals surface area (Å²) < 4.78 is 2.25. The van der Waals surface area contributed by atoms with Crippen LogP contribution in [0.4, 0.5) is 0 Å². The minimum Gasteiger partial charge on any atom is -0.334 e. The maximum Gasteiger partial charge on any atom is 0.105 e. The molecular formula is C16H30N4. The summed E-state index contributed by atoms with van der Waals surface area (Å²) in [6.07, 6.45) is 6.67. The second-order valence-corrected chi connectivity index (χ2v) is 7.11. The standard InChI is InChI=1S/C16H30N4/c1-14-17-7-9-20(14)11-10-19-8-5-6-15(13-19)12-18-16(2,3)4/h7,9,15,18H,5-6,8,10-13H2,1-4H3. The Hall–Kier alpha value is -0.870. The molecule has 0 amide bonds. The van der Waals surface area contributed by atoms with Gasteiger partial charge in [0.15, 0.2) is 0 Å². The number of nitrogens with one attached hydrogen (secondary N) is 1. The Morgan fingerprint density at radius 3 is 2.80 bits per heavy atom. The van der Waals surface area contributed by atoms with Crippen LogP contribution in [0.15, 0.2) is 12.4 Å². The summed E-state index contributed by atoms with van der Waals surface area (Å²) in [5, 5.41) is 3.65. The molecule has 1 N–H and O–H groups in total. The first-order chi connectivity index (χ1) is 9.44. The lowest BCUT2D eigenvalue weighted by atomic mass is 9.96. The number of likely N-dealkylation sites (tertiary alicyclic amines) is 1. The molecule has 1 aromatic heterocycles. The van der Waals surface area contributed by atoms with Crippen LogP contribution in [0.3, 0.4) is 0 Å². The quantitative estimate of drug-likeness (QED) is 0.897. The molecule has 1 aliphatic rings. The van der Waals surface area contributed by atoms with Gasteiger partial charge in [-0.3, -0.25) is 0 Å². The SMILES string of the molecule is Cc1nccn1CCN1CCCC(CNC(C)(C)C)C1. The van der Waals surface area contributed by atoms with Gasteiger partial charge in [-0.05, 0) is 59.5 Å². The van der Waals surface area contributed by atoms with Crippen LogP contribution in [0.5, 0.6) is 0 Å². The van der Waals surface area contributed by atoms with Crippen LogP contribution in [-0.2, 0) is 6.54 Å². The number of nitrogens with zero attached hydrogens (tertiary/aromatic N) is 3. The van der Waals surface area contributed by atoms with Gasteiger partial charge in [0.1, 0.15) is 5.82 Å².